The van der Waals surface area contributed by atoms with Crippen molar-refractivity contribution < 1.29 is 4.74 Å². The van der Waals surface area contributed by atoms with Crippen LogP contribution in [0.1, 0.15) is 18.4 Å². The number of halogens is 1. The lowest BCUT2D eigenvalue weighted by Gasteiger charge is -2.10. The Morgan fingerprint density at radius 1 is 1.53 bits per heavy atom. The first kappa shape index (κ1) is 10.5. The molecule has 3 nitrogen and oxygen atoms in total. The molecule has 1 aliphatic carbocycles. The molecule has 1 fully saturated rings. The van der Waals surface area contributed by atoms with Crippen molar-refractivity contribution in [1.29, 1.82) is 5.41 Å². The molecule has 1 aliphatic rings. The molecule has 4 heteroatoms. The quantitative estimate of drug-likeness (QED) is 0.651. The van der Waals surface area contributed by atoms with E-state index in [2.05, 4.69) is 15.9 Å². The van der Waals surface area contributed by atoms with Crippen LogP contribution in [0.4, 0.5) is 0 Å². The Morgan fingerprint density at radius 2 is 2.27 bits per heavy atom. The first-order valence-electron chi connectivity index (χ1n) is 4.93. The Kier molecular flexibility index (Phi) is 2.95. The van der Waals surface area contributed by atoms with Crippen LogP contribution in [0.25, 0.3) is 0 Å². The van der Waals surface area contributed by atoms with Gasteiger partial charge in [0.2, 0.25) is 0 Å². The van der Waals surface area contributed by atoms with E-state index in [4.69, 9.17) is 15.9 Å². The van der Waals surface area contributed by atoms with Gasteiger partial charge in [-0.15, -0.1) is 0 Å². The first-order valence-corrected chi connectivity index (χ1v) is 5.73. The van der Waals surface area contributed by atoms with E-state index in [1.54, 1.807) is 6.07 Å². The Balaban J connectivity index is 2.16. The second-order valence-corrected chi connectivity index (χ2v) is 4.72. The van der Waals surface area contributed by atoms with Crippen LogP contribution in [0.3, 0.4) is 0 Å². The average Bonchev–Trinajstić information content (AvgIpc) is 2.97. The van der Waals surface area contributed by atoms with E-state index in [0.717, 1.165) is 11.1 Å². The molecule has 0 unspecified atom stereocenters. The summed E-state index contributed by atoms with van der Waals surface area (Å²) in [6, 6.07) is 5.52. The fourth-order valence-electron chi connectivity index (χ4n) is 1.33. The van der Waals surface area contributed by atoms with Crippen LogP contribution in [-0.2, 0) is 0 Å². The standard InChI is InChI=1S/C11H13BrN2O/c12-8-3-4-9(11(13)14)10(5-8)15-6-7-1-2-7/h3-5,7H,1-2,6H2,(H3,13,14). The summed E-state index contributed by atoms with van der Waals surface area (Å²) in [5, 5.41) is 7.43. The average molecular weight is 269 g/mol. The molecule has 0 aliphatic heterocycles. The monoisotopic (exact) mass is 268 g/mol. The van der Waals surface area contributed by atoms with Gasteiger partial charge in [0.25, 0.3) is 0 Å². The zero-order valence-corrected chi connectivity index (χ0v) is 9.88. The molecule has 2 rings (SSSR count). The van der Waals surface area contributed by atoms with E-state index in [0.29, 0.717) is 17.2 Å². The Morgan fingerprint density at radius 3 is 2.87 bits per heavy atom. The Labute approximate surface area is 97.3 Å². The van der Waals surface area contributed by atoms with Gasteiger partial charge in [-0.1, -0.05) is 15.9 Å². The Bertz CT molecular complexity index is 388. The third-order valence-electron chi connectivity index (χ3n) is 2.41. The van der Waals surface area contributed by atoms with Crippen LogP contribution in [0.15, 0.2) is 22.7 Å². The summed E-state index contributed by atoms with van der Waals surface area (Å²) < 4.78 is 6.60. The fourth-order valence-corrected chi connectivity index (χ4v) is 1.67. The number of hydrogen-bond acceptors (Lipinski definition) is 2. The van der Waals surface area contributed by atoms with Crippen LogP contribution < -0.4 is 10.5 Å². The molecule has 0 atom stereocenters. The van der Waals surface area contributed by atoms with E-state index in [9.17, 15) is 0 Å². The molecule has 0 saturated heterocycles. The van der Waals surface area contributed by atoms with Crippen molar-refractivity contribution in [2.45, 2.75) is 12.8 Å². The van der Waals surface area contributed by atoms with Crippen molar-refractivity contribution in [2.24, 2.45) is 11.7 Å². The fraction of sp³-hybridized carbons (Fsp3) is 0.364. The zero-order valence-electron chi connectivity index (χ0n) is 8.29. The van der Waals surface area contributed by atoms with E-state index in [1.165, 1.54) is 12.8 Å². The van der Waals surface area contributed by atoms with E-state index in [-0.39, 0.29) is 5.84 Å². The van der Waals surface area contributed by atoms with Gasteiger partial charge < -0.3 is 10.5 Å². The summed E-state index contributed by atoms with van der Waals surface area (Å²) in [6.07, 6.45) is 2.51. The summed E-state index contributed by atoms with van der Waals surface area (Å²) >= 11 is 3.38. The van der Waals surface area contributed by atoms with Gasteiger partial charge in [0.05, 0.1) is 12.2 Å². The molecule has 0 bridgehead atoms. The summed E-state index contributed by atoms with van der Waals surface area (Å²) in [4.78, 5) is 0. The molecular formula is C11H13BrN2O. The number of rotatable bonds is 4. The third kappa shape index (κ3) is 2.72. The van der Waals surface area contributed by atoms with Gasteiger partial charge >= 0.3 is 0 Å². The maximum Gasteiger partial charge on any atom is 0.131 e. The Hall–Kier alpha value is -1.03. The number of nitrogens with two attached hydrogens (primary N) is 1. The van der Waals surface area contributed by atoms with Crippen molar-refractivity contribution >= 4 is 21.8 Å². The minimum absolute atomic E-state index is 0.0493. The number of nitrogen functional groups attached to an aromatic ring is 1. The molecule has 0 spiro atoms. The normalized spacial score (nSPS) is 15.0. The predicted octanol–water partition coefficient (Wildman–Crippen LogP) is 2.52. The molecule has 0 radical (unpaired) electrons. The highest BCUT2D eigenvalue weighted by molar-refractivity contribution is 9.10. The summed E-state index contributed by atoms with van der Waals surface area (Å²) in [5.74, 6) is 1.45. The predicted molar refractivity (Wildman–Crippen MR) is 63.4 cm³/mol. The molecule has 1 saturated carbocycles. The molecule has 0 heterocycles. The third-order valence-corrected chi connectivity index (χ3v) is 2.90. The van der Waals surface area contributed by atoms with Gasteiger partial charge in [0.15, 0.2) is 0 Å². The molecule has 3 N–H and O–H groups in total. The van der Waals surface area contributed by atoms with Crippen LogP contribution >= 0.6 is 15.9 Å². The second kappa shape index (κ2) is 4.23. The number of amidine groups is 1. The summed E-state index contributed by atoms with van der Waals surface area (Å²) in [7, 11) is 0. The minimum Gasteiger partial charge on any atom is -0.492 e. The van der Waals surface area contributed by atoms with Gasteiger partial charge in [-0.25, -0.2) is 0 Å². The molecule has 1 aromatic carbocycles. The molecule has 1 aromatic rings. The molecular weight excluding hydrogens is 256 g/mol. The molecule has 15 heavy (non-hydrogen) atoms. The van der Waals surface area contributed by atoms with Crippen LogP contribution in [0.2, 0.25) is 0 Å². The lowest BCUT2D eigenvalue weighted by Crippen LogP contribution is -2.13. The van der Waals surface area contributed by atoms with Crippen molar-refractivity contribution in [3.05, 3.63) is 28.2 Å². The van der Waals surface area contributed by atoms with Crippen molar-refractivity contribution in [3.63, 3.8) is 0 Å². The largest absolute Gasteiger partial charge is 0.492 e. The lowest BCUT2D eigenvalue weighted by molar-refractivity contribution is 0.299. The molecule has 0 amide bonds. The highest BCUT2D eigenvalue weighted by atomic mass is 79.9. The van der Waals surface area contributed by atoms with Gasteiger partial charge in [0.1, 0.15) is 11.6 Å². The van der Waals surface area contributed by atoms with Gasteiger partial charge in [0, 0.05) is 4.47 Å². The van der Waals surface area contributed by atoms with Crippen LogP contribution in [-0.4, -0.2) is 12.4 Å². The number of benzene rings is 1. The van der Waals surface area contributed by atoms with Crippen molar-refractivity contribution in [1.82, 2.24) is 0 Å². The van der Waals surface area contributed by atoms with Gasteiger partial charge in [-0.3, -0.25) is 5.41 Å². The van der Waals surface area contributed by atoms with Crippen LogP contribution in [0.5, 0.6) is 5.75 Å². The van der Waals surface area contributed by atoms with Crippen molar-refractivity contribution in [2.75, 3.05) is 6.61 Å². The minimum atomic E-state index is 0.0493. The first-order chi connectivity index (χ1) is 7.16. The van der Waals surface area contributed by atoms with E-state index >= 15 is 0 Å². The number of nitrogens with one attached hydrogen (secondary N) is 1. The molecule has 80 valence electrons. The molecule has 0 aromatic heterocycles. The number of hydrogen-bond donors (Lipinski definition) is 2. The van der Waals surface area contributed by atoms with Crippen LogP contribution in [0, 0.1) is 11.3 Å². The maximum atomic E-state index is 7.43. The maximum absolute atomic E-state index is 7.43. The van der Waals surface area contributed by atoms with Gasteiger partial charge in [-0.05, 0) is 37.0 Å². The van der Waals surface area contributed by atoms with E-state index in [1.807, 2.05) is 12.1 Å². The smallest absolute Gasteiger partial charge is 0.131 e. The lowest BCUT2D eigenvalue weighted by atomic mass is 10.2. The topological polar surface area (TPSA) is 59.1 Å². The van der Waals surface area contributed by atoms with Crippen molar-refractivity contribution in [3.8, 4) is 5.75 Å². The number of ether oxygens (including phenoxy) is 1. The summed E-state index contributed by atoms with van der Waals surface area (Å²) in [5.41, 5.74) is 6.14. The highest BCUT2D eigenvalue weighted by Crippen LogP contribution is 2.31. The van der Waals surface area contributed by atoms with E-state index < -0.39 is 0 Å². The van der Waals surface area contributed by atoms with Gasteiger partial charge in [-0.2, -0.15) is 0 Å². The SMILES string of the molecule is N=C(N)c1ccc(Br)cc1OCC1CC1. The summed E-state index contributed by atoms with van der Waals surface area (Å²) in [6.45, 7) is 0.733. The zero-order chi connectivity index (χ0) is 10.8. The second-order valence-electron chi connectivity index (χ2n) is 3.81. The highest BCUT2D eigenvalue weighted by Gasteiger charge is 2.22.